The number of fused-ring (bicyclic) bond motifs is 1. The van der Waals surface area contributed by atoms with Gasteiger partial charge in [0.2, 0.25) is 0 Å². The first-order valence-corrected chi connectivity index (χ1v) is 8.06. The van der Waals surface area contributed by atoms with Crippen molar-refractivity contribution >= 4 is 44.3 Å². The zero-order valence-corrected chi connectivity index (χ0v) is 14.3. The van der Waals surface area contributed by atoms with E-state index in [2.05, 4.69) is 15.9 Å². The molecule has 0 aliphatic heterocycles. The van der Waals surface area contributed by atoms with Crippen molar-refractivity contribution in [1.82, 2.24) is 0 Å². The average Bonchev–Trinajstić information content (AvgIpc) is 2.54. The van der Waals surface area contributed by atoms with Gasteiger partial charge >= 0.3 is 5.97 Å². The number of rotatable bonds is 4. The van der Waals surface area contributed by atoms with E-state index in [1.807, 2.05) is 36.4 Å². The second kappa shape index (κ2) is 7.02. The molecule has 116 valence electrons. The highest BCUT2D eigenvalue weighted by atomic mass is 79.9. The smallest absolute Gasteiger partial charge is 0.349 e. The van der Waals surface area contributed by atoms with Crippen LogP contribution in [0.1, 0.15) is 0 Å². The van der Waals surface area contributed by atoms with E-state index in [-0.39, 0.29) is 6.61 Å². The Kier molecular flexibility index (Phi) is 4.84. The van der Waals surface area contributed by atoms with Crippen molar-refractivity contribution in [3.8, 4) is 11.5 Å². The van der Waals surface area contributed by atoms with Gasteiger partial charge in [-0.25, -0.2) is 4.79 Å². The lowest BCUT2D eigenvalue weighted by Gasteiger charge is -2.09. The van der Waals surface area contributed by atoms with Crippen LogP contribution in [0.3, 0.4) is 0 Å². The maximum absolute atomic E-state index is 11.9. The lowest BCUT2D eigenvalue weighted by Crippen LogP contribution is -2.17. The van der Waals surface area contributed by atoms with Crippen LogP contribution >= 0.6 is 27.5 Å². The third kappa shape index (κ3) is 4.03. The monoisotopic (exact) mass is 390 g/mol. The molecule has 0 heterocycles. The highest BCUT2D eigenvalue weighted by Gasteiger charge is 2.09. The molecule has 0 atom stereocenters. The van der Waals surface area contributed by atoms with Gasteiger partial charge in [-0.1, -0.05) is 57.9 Å². The topological polar surface area (TPSA) is 35.5 Å². The molecule has 0 aliphatic rings. The molecule has 23 heavy (non-hydrogen) atoms. The summed E-state index contributed by atoms with van der Waals surface area (Å²) in [4.78, 5) is 11.9. The van der Waals surface area contributed by atoms with E-state index in [9.17, 15) is 4.79 Å². The van der Waals surface area contributed by atoms with Crippen molar-refractivity contribution in [1.29, 1.82) is 0 Å². The van der Waals surface area contributed by atoms with E-state index < -0.39 is 5.97 Å². The Balaban J connectivity index is 1.64. The van der Waals surface area contributed by atoms with Crippen molar-refractivity contribution in [2.45, 2.75) is 0 Å². The number of hydrogen-bond donors (Lipinski definition) is 0. The minimum Gasteiger partial charge on any atom is -0.480 e. The molecule has 0 saturated heterocycles. The van der Waals surface area contributed by atoms with Crippen LogP contribution in [-0.2, 0) is 4.79 Å². The molecule has 5 heteroatoms. The molecular weight excluding hydrogens is 380 g/mol. The van der Waals surface area contributed by atoms with Crippen molar-refractivity contribution < 1.29 is 14.3 Å². The van der Waals surface area contributed by atoms with Crippen molar-refractivity contribution in [2.75, 3.05) is 6.61 Å². The Morgan fingerprint density at radius 2 is 1.78 bits per heavy atom. The Morgan fingerprint density at radius 1 is 1.00 bits per heavy atom. The van der Waals surface area contributed by atoms with Crippen LogP contribution in [0.2, 0.25) is 5.02 Å². The van der Waals surface area contributed by atoms with E-state index in [4.69, 9.17) is 21.1 Å². The molecule has 0 fully saturated rings. The summed E-state index contributed by atoms with van der Waals surface area (Å²) in [6.45, 7) is -0.214. The normalized spacial score (nSPS) is 10.5. The second-order valence-corrected chi connectivity index (χ2v) is 6.17. The molecule has 0 radical (unpaired) electrons. The van der Waals surface area contributed by atoms with Gasteiger partial charge in [-0.3, -0.25) is 0 Å². The van der Waals surface area contributed by atoms with Crippen LogP contribution in [0.4, 0.5) is 0 Å². The van der Waals surface area contributed by atoms with Crippen LogP contribution in [0.15, 0.2) is 65.1 Å². The molecule has 3 rings (SSSR count). The second-order valence-electron chi connectivity index (χ2n) is 4.85. The highest BCUT2D eigenvalue weighted by molar-refractivity contribution is 9.10. The molecule has 0 amide bonds. The fourth-order valence-corrected chi connectivity index (χ4v) is 2.85. The fourth-order valence-electron chi connectivity index (χ4n) is 2.12. The Bertz CT molecular complexity index is 864. The van der Waals surface area contributed by atoms with Crippen LogP contribution in [-0.4, -0.2) is 12.6 Å². The Hall–Kier alpha value is -2.04. The summed E-state index contributed by atoms with van der Waals surface area (Å²) >= 11 is 9.34. The largest absolute Gasteiger partial charge is 0.480 e. The zero-order chi connectivity index (χ0) is 16.2. The van der Waals surface area contributed by atoms with Crippen molar-refractivity contribution in [3.63, 3.8) is 0 Å². The molecule has 0 unspecified atom stereocenters. The molecule has 0 spiro atoms. The predicted octanol–water partition coefficient (Wildman–Crippen LogP) is 5.24. The van der Waals surface area contributed by atoms with Crippen LogP contribution in [0, 0.1) is 0 Å². The predicted molar refractivity (Wildman–Crippen MR) is 94.2 cm³/mol. The summed E-state index contributed by atoms with van der Waals surface area (Å²) in [5.41, 5.74) is 0. The summed E-state index contributed by atoms with van der Waals surface area (Å²) in [6.07, 6.45) is 0. The van der Waals surface area contributed by atoms with Gasteiger partial charge in [0.15, 0.2) is 6.61 Å². The first-order valence-electron chi connectivity index (χ1n) is 6.89. The standard InChI is InChI=1S/C18H12BrClO3/c19-14-6-8-17(16(20)10-14)22-11-18(21)23-15-7-5-12-3-1-2-4-13(12)9-15/h1-10H,11H2. The van der Waals surface area contributed by atoms with E-state index >= 15 is 0 Å². The van der Waals surface area contributed by atoms with Crippen LogP contribution < -0.4 is 9.47 Å². The molecule has 0 aliphatic carbocycles. The lowest BCUT2D eigenvalue weighted by atomic mass is 10.1. The van der Waals surface area contributed by atoms with Gasteiger partial charge in [-0.05, 0) is 41.1 Å². The number of hydrogen-bond acceptors (Lipinski definition) is 3. The molecule has 0 aromatic heterocycles. The summed E-state index contributed by atoms with van der Waals surface area (Å²) in [7, 11) is 0. The van der Waals surface area contributed by atoms with Crippen molar-refractivity contribution in [2.24, 2.45) is 0 Å². The Labute approximate surface area is 146 Å². The third-order valence-electron chi connectivity index (χ3n) is 3.19. The molecule has 0 saturated carbocycles. The fraction of sp³-hybridized carbons (Fsp3) is 0.0556. The van der Waals surface area contributed by atoms with Crippen LogP contribution in [0.5, 0.6) is 11.5 Å². The van der Waals surface area contributed by atoms with E-state index in [1.165, 1.54) is 0 Å². The number of halogens is 2. The maximum atomic E-state index is 11.9. The van der Waals surface area contributed by atoms with Gasteiger partial charge < -0.3 is 9.47 Å². The number of esters is 1. The van der Waals surface area contributed by atoms with Crippen LogP contribution in [0.25, 0.3) is 10.8 Å². The van der Waals surface area contributed by atoms with Gasteiger partial charge in [-0.2, -0.15) is 0 Å². The van der Waals surface area contributed by atoms with E-state index in [0.717, 1.165) is 15.2 Å². The molecule has 0 N–H and O–H groups in total. The number of ether oxygens (including phenoxy) is 2. The number of carbonyl (C=O) groups excluding carboxylic acids is 1. The maximum Gasteiger partial charge on any atom is 0.349 e. The van der Waals surface area contributed by atoms with Gasteiger partial charge in [0, 0.05) is 4.47 Å². The SMILES string of the molecule is O=C(COc1ccc(Br)cc1Cl)Oc1ccc2ccccc2c1. The number of carbonyl (C=O) groups is 1. The first-order chi connectivity index (χ1) is 11.1. The molecule has 3 aromatic carbocycles. The average molecular weight is 392 g/mol. The van der Waals surface area contributed by atoms with Gasteiger partial charge in [0.05, 0.1) is 5.02 Å². The minimum atomic E-state index is -0.487. The van der Waals surface area contributed by atoms with Gasteiger partial charge in [0.1, 0.15) is 11.5 Å². The van der Waals surface area contributed by atoms with E-state index in [0.29, 0.717) is 16.5 Å². The number of benzene rings is 3. The van der Waals surface area contributed by atoms with E-state index in [1.54, 1.807) is 24.3 Å². The van der Waals surface area contributed by atoms with Crippen molar-refractivity contribution in [3.05, 3.63) is 70.2 Å². The summed E-state index contributed by atoms with van der Waals surface area (Å²) in [5, 5.41) is 2.53. The summed E-state index contributed by atoms with van der Waals surface area (Å²) in [5.74, 6) is 0.434. The summed E-state index contributed by atoms with van der Waals surface area (Å²) in [6, 6.07) is 18.5. The zero-order valence-electron chi connectivity index (χ0n) is 12.0. The Morgan fingerprint density at radius 3 is 2.57 bits per heavy atom. The first kappa shape index (κ1) is 15.8. The minimum absolute atomic E-state index is 0.214. The summed E-state index contributed by atoms with van der Waals surface area (Å²) < 4.78 is 11.5. The molecule has 3 aromatic rings. The van der Waals surface area contributed by atoms with Gasteiger partial charge in [0.25, 0.3) is 0 Å². The molecular formula is C18H12BrClO3. The molecule has 3 nitrogen and oxygen atoms in total. The third-order valence-corrected chi connectivity index (χ3v) is 3.98. The highest BCUT2D eigenvalue weighted by Crippen LogP contribution is 2.27. The lowest BCUT2D eigenvalue weighted by molar-refractivity contribution is -0.136. The molecule has 0 bridgehead atoms. The van der Waals surface area contributed by atoms with Gasteiger partial charge in [-0.15, -0.1) is 0 Å². The quantitative estimate of drug-likeness (QED) is 0.451.